The zero-order valence-electron chi connectivity index (χ0n) is 18.1. The first-order valence-electron chi connectivity index (χ1n) is 10.3. The molecule has 2 aromatic carbocycles. The van der Waals surface area contributed by atoms with E-state index in [-0.39, 0.29) is 11.3 Å². The first-order valence-corrected chi connectivity index (χ1v) is 10.3. The van der Waals surface area contributed by atoms with Crippen LogP contribution in [0.3, 0.4) is 0 Å². The molecule has 0 spiro atoms. The van der Waals surface area contributed by atoms with Crippen molar-refractivity contribution in [2.24, 2.45) is 0 Å². The number of ether oxygens (including phenoxy) is 1. The summed E-state index contributed by atoms with van der Waals surface area (Å²) in [6.45, 7) is 6.79. The number of esters is 1. The summed E-state index contributed by atoms with van der Waals surface area (Å²) < 4.78 is 5.10. The van der Waals surface area contributed by atoms with E-state index in [1.807, 2.05) is 37.8 Å². The number of benzene rings is 2. The van der Waals surface area contributed by atoms with Gasteiger partial charge in [0.25, 0.3) is 11.6 Å². The van der Waals surface area contributed by atoms with Gasteiger partial charge in [0.2, 0.25) is 0 Å². The van der Waals surface area contributed by atoms with Crippen LogP contribution in [0.2, 0.25) is 0 Å². The first kappa shape index (κ1) is 22.3. The van der Waals surface area contributed by atoms with E-state index < -0.39 is 23.4 Å². The molecule has 0 aliphatic carbocycles. The number of piperidine rings is 1. The largest absolute Gasteiger partial charge is 0.452 e. The highest BCUT2D eigenvalue weighted by Gasteiger charge is 2.24. The molecule has 0 atom stereocenters. The third-order valence-corrected chi connectivity index (χ3v) is 5.38. The highest BCUT2D eigenvalue weighted by Crippen LogP contribution is 2.31. The normalized spacial score (nSPS) is 13.6. The molecule has 1 saturated heterocycles. The van der Waals surface area contributed by atoms with Gasteiger partial charge in [-0.15, -0.1) is 0 Å². The van der Waals surface area contributed by atoms with E-state index in [0.717, 1.165) is 49.0 Å². The summed E-state index contributed by atoms with van der Waals surface area (Å²) in [6, 6.07) is 8.22. The van der Waals surface area contributed by atoms with Crippen LogP contribution in [0, 0.1) is 30.9 Å². The molecule has 3 rings (SSSR count). The second-order valence-electron chi connectivity index (χ2n) is 7.91. The number of nitrogens with one attached hydrogen (secondary N) is 1. The maximum atomic E-state index is 12.4. The number of aryl methyl sites for hydroxylation is 3. The summed E-state index contributed by atoms with van der Waals surface area (Å²) >= 11 is 0. The Morgan fingerprint density at radius 1 is 1.06 bits per heavy atom. The molecule has 1 amide bonds. The number of amides is 1. The Balaban J connectivity index is 1.67. The highest BCUT2D eigenvalue weighted by atomic mass is 16.6. The highest BCUT2D eigenvalue weighted by molar-refractivity contribution is 5.97. The van der Waals surface area contributed by atoms with Crippen molar-refractivity contribution < 1.29 is 19.2 Å². The van der Waals surface area contributed by atoms with E-state index in [2.05, 4.69) is 5.32 Å². The molecule has 2 aromatic rings. The maximum Gasteiger partial charge on any atom is 0.338 e. The lowest BCUT2D eigenvalue weighted by molar-refractivity contribution is -0.384. The van der Waals surface area contributed by atoms with Crippen LogP contribution in [0.15, 0.2) is 30.3 Å². The molecule has 8 heteroatoms. The molecule has 0 saturated carbocycles. The number of nitrogens with zero attached hydrogens (tertiary/aromatic N) is 2. The molecule has 1 fully saturated rings. The van der Waals surface area contributed by atoms with E-state index in [9.17, 15) is 19.7 Å². The number of hydrogen-bond donors (Lipinski definition) is 1. The van der Waals surface area contributed by atoms with Gasteiger partial charge in [0.05, 0.1) is 10.5 Å². The molecule has 1 aliphatic heterocycles. The molecule has 8 nitrogen and oxygen atoms in total. The first-order chi connectivity index (χ1) is 14.8. The predicted octanol–water partition coefficient (Wildman–Crippen LogP) is 4.31. The molecule has 1 N–H and O–H groups in total. The number of rotatable bonds is 6. The smallest absolute Gasteiger partial charge is 0.338 e. The van der Waals surface area contributed by atoms with Gasteiger partial charge in [-0.2, -0.15) is 0 Å². The van der Waals surface area contributed by atoms with Gasteiger partial charge in [-0.25, -0.2) is 4.79 Å². The Morgan fingerprint density at radius 3 is 2.32 bits per heavy atom. The molecule has 0 radical (unpaired) electrons. The van der Waals surface area contributed by atoms with Crippen LogP contribution in [0.25, 0.3) is 0 Å². The quantitative estimate of drug-likeness (QED) is 0.420. The average molecular weight is 425 g/mol. The summed E-state index contributed by atoms with van der Waals surface area (Å²) in [6.07, 6.45) is 3.07. The van der Waals surface area contributed by atoms with E-state index in [1.54, 1.807) is 6.07 Å². The lowest BCUT2D eigenvalue weighted by atomic mass is 10.1. The van der Waals surface area contributed by atoms with Gasteiger partial charge in [-0.05, 0) is 63.3 Å². The molecule has 1 heterocycles. The van der Waals surface area contributed by atoms with Crippen LogP contribution in [0.1, 0.15) is 46.3 Å². The molecule has 31 heavy (non-hydrogen) atoms. The number of nitro benzene ring substituents is 1. The van der Waals surface area contributed by atoms with Gasteiger partial charge in [-0.1, -0.05) is 17.7 Å². The van der Waals surface area contributed by atoms with Crippen LogP contribution in [-0.2, 0) is 9.53 Å². The molecular formula is C23H27N3O5. The summed E-state index contributed by atoms with van der Waals surface area (Å²) in [5.41, 5.74) is 4.03. The fourth-order valence-electron chi connectivity index (χ4n) is 3.97. The fraction of sp³-hybridized carbons (Fsp3) is 0.391. The van der Waals surface area contributed by atoms with E-state index in [0.29, 0.717) is 11.4 Å². The van der Waals surface area contributed by atoms with Gasteiger partial charge < -0.3 is 15.0 Å². The van der Waals surface area contributed by atoms with Crippen molar-refractivity contribution in [3.63, 3.8) is 0 Å². The summed E-state index contributed by atoms with van der Waals surface area (Å²) in [5, 5.41) is 14.3. The number of carbonyl (C=O) groups excluding carboxylic acids is 2. The standard InChI is InChI=1S/C23H27N3O5/c1-15-11-16(2)22(17(3)12-15)24-21(27)14-31-23(28)18-7-8-19(20(13-18)26(29)30)25-9-5-4-6-10-25/h7-8,11-13H,4-6,9-10,14H2,1-3H3,(H,24,27). The Labute approximate surface area is 181 Å². The average Bonchev–Trinajstić information content (AvgIpc) is 2.74. The lowest BCUT2D eigenvalue weighted by Gasteiger charge is -2.28. The van der Waals surface area contributed by atoms with Crippen molar-refractivity contribution >= 4 is 28.9 Å². The predicted molar refractivity (Wildman–Crippen MR) is 119 cm³/mol. The maximum absolute atomic E-state index is 12.4. The zero-order chi connectivity index (χ0) is 22.5. The second-order valence-corrected chi connectivity index (χ2v) is 7.91. The van der Waals surface area contributed by atoms with Crippen LogP contribution in [0.5, 0.6) is 0 Å². The Hall–Kier alpha value is -3.42. The molecule has 164 valence electrons. The van der Waals surface area contributed by atoms with E-state index in [4.69, 9.17) is 4.74 Å². The Morgan fingerprint density at radius 2 is 1.71 bits per heavy atom. The van der Waals surface area contributed by atoms with Gasteiger partial charge in [0.15, 0.2) is 6.61 Å². The van der Waals surface area contributed by atoms with Gasteiger partial charge in [-0.3, -0.25) is 14.9 Å². The molecule has 0 unspecified atom stereocenters. The number of hydrogen-bond acceptors (Lipinski definition) is 6. The SMILES string of the molecule is Cc1cc(C)c(NC(=O)COC(=O)c2ccc(N3CCCCC3)c([N+](=O)[O-])c2)c(C)c1. The lowest BCUT2D eigenvalue weighted by Crippen LogP contribution is -2.30. The van der Waals surface area contributed by atoms with Crippen LogP contribution in [0.4, 0.5) is 17.1 Å². The Kier molecular flexibility index (Phi) is 6.89. The number of nitro groups is 1. The van der Waals surface area contributed by atoms with Crippen molar-refractivity contribution in [1.82, 2.24) is 0 Å². The molecule has 1 aliphatic rings. The molecule has 0 bridgehead atoms. The minimum atomic E-state index is -0.777. The minimum absolute atomic E-state index is 0.0444. The van der Waals surface area contributed by atoms with Crippen LogP contribution < -0.4 is 10.2 Å². The second kappa shape index (κ2) is 9.59. The molecular weight excluding hydrogens is 398 g/mol. The molecule has 0 aromatic heterocycles. The fourth-order valence-corrected chi connectivity index (χ4v) is 3.97. The van der Waals surface area contributed by atoms with E-state index in [1.165, 1.54) is 12.1 Å². The van der Waals surface area contributed by atoms with Crippen molar-refractivity contribution in [1.29, 1.82) is 0 Å². The summed E-state index contributed by atoms with van der Waals surface area (Å²) in [7, 11) is 0. The van der Waals surface area contributed by atoms with Crippen molar-refractivity contribution in [3.8, 4) is 0 Å². The summed E-state index contributed by atoms with van der Waals surface area (Å²) in [5.74, 6) is -1.25. The zero-order valence-corrected chi connectivity index (χ0v) is 18.1. The van der Waals surface area contributed by atoms with E-state index >= 15 is 0 Å². The monoisotopic (exact) mass is 425 g/mol. The summed E-state index contributed by atoms with van der Waals surface area (Å²) in [4.78, 5) is 37.7. The topological polar surface area (TPSA) is 102 Å². The number of carbonyl (C=O) groups is 2. The van der Waals surface area contributed by atoms with Crippen molar-refractivity contribution in [3.05, 3.63) is 62.7 Å². The minimum Gasteiger partial charge on any atom is -0.452 e. The van der Waals surface area contributed by atoms with Crippen molar-refractivity contribution in [2.45, 2.75) is 40.0 Å². The third-order valence-electron chi connectivity index (χ3n) is 5.38. The number of anilines is 2. The van der Waals surface area contributed by atoms with Gasteiger partial charge in [0, 0.05) is 24.8 Å². The van der Waals surface area contributed by atoms with Crippen LogP contribution in [-0.4, -0.2) is 36.5 Å². The van der Waals surface area contributed by atoms with Crippen LogP contribution >= 0.6 is 0 Å². The third kappa shape index (κ3) is 5.39. The van der Waals surface area contributed by atoms with Crippen molar-refractivity contribution in [2.75, 3.05) is 29.9 Å². The Bertz CT molecular complexity index is 989. The van der Waals surface area contributed by atoms with Gasteiger partial charge in [0.1, 0.15) is 5.69 Å². The van der Waals surface area contributed by atoms with Gasteiger partial charge >= 0.3 is 5.97 Å².